The van der Waals surface area contributed by atoms with Gasteiger partial charge >= 0.3 is 0 Å². The molecule has 1 aromatic carbocycles. The number of sulfonamides is 1. The third-order valence-corrected chi connectivity index (χ3v) is 7.44. The molecule has 1 aromatic heterocycles. The van der Waals surface area contributed by atoms with Crippen LogP contribution < -0.4 is 0 Å². The predicted octanol–water partition coefficient (Wildman–Crippen LogP) is 3.18. The van der Waals surface area contributed by atoms with Crippen LogP contribution in [0.2, 0.25) is 0 Å². The zero-order valence-electron chi connectivity index (χ0n) is 13.7. The van der Waals surface area contributed by atoms with E-state index in [1.54, 1.807) is 6.07 Å². The summed E-state index contributed by atoms with van der Waals surface area (Å²) in [6, 6.07) is 9.97. The first kappa shape index (κ1) is 17.6. The van der Waals surface area contributed by atoms with Gasteiger partial charge in [0.15, 0.2) is 0 Å². The Kier molecular flexibility index (Phi) is 5.08. The van der Waals surface area contributed by atoms with Gasteiger partial charge in [-0.05, 0) is 30.0 Å². The number of hydrogen-bond acceptors (Lipinski definition) is 5. The van der Waals surface area contributed by atoms with E-state index >= 15 is 0 Å². The van der Waals surface area contributed by atoms with Gasteiger partial charge in [0.05, 0.1) is 11.4 Å². The van der Waals surface area contributed by atoms with Crippen LogP contribution in [0.5, 0.6) is 0 Å². The molecule has 5 nitrogen and oxygen atoms in total. The van der Waals surface area contributed by atoms with Crippen molar-refractivity contribution in [1.29, 1.82) is 0 Å². The molecule has 2 heterocycles. The van der Waals surface area contributed by atoms with Crippen molar-refractivity contribution in [3.05, 3.63) is 40.8 Å². The topological polar surface area (TPSA) is 66.8 Å². The van der Waals surface area contributed by atoms with Gasteiger partial charge in [0, 0.05) is 9.75 Å². The van der Waals surface area contributed by atoms with E-state index in [4.69, 9.17) is 9.84 Å². The number of rotatable bonds is 6. The lowest BCUT2D eigenvalue weighted by molar-refractivity contribution is -0.0950. The molecule has 3 rings (SSSR count). The average Bonchev–Trinajstić information content (AvgIpc) is 3.11. The first-order chi connectivity index (χ1) is 11.5. The fraction of sp³-hybridized carbons (Fsp3) is 0.412. The number of aryl methyl sites for hydroxylation is 1. The monoisotopic (exact) mass is 367 g/mol. The van der Waals surface area contributed by atoms with Crippen molar-refractivity contribution < 1.29 is 18.3 Å². The maximum Gasteiger partial charge on any atom is 0.246 e. The van der Waals surface area contributed by atoms with Crippen molar-refractivity contribution in [2.75, 3.05) is 6.79 Å². The lowest BCUT2D eigenvalue weighted by atomic mass is 10.1. The number of hydrogen-bond donors (Lipinski definition) is 1. The first-order valence-electron chi connectivity index (χ1n) is 7.97. The Labute approximate surface area is 146 Å². The van der Waals surface area contributed by atoms with Crippen LogP contribution in [0.15, 0.2) is 35.2 Å². The van der Waals surface area contributed by atoms with E-state index < -0.39 is 23.0 Å². The summed E-state index contributed by atoms with van der Waals surface area (Å²) in [6.45, 7) is 3.75. The molecule has 0 aliphatic carbocycles. The average molecular weight is 367 g/mol. The van der Waals surface area contributed by atoms with E-state index in [-0.39, 0.29) is 0 Å². The number of aliphatic hydroxyl groups excluding tert-OH is 1. The summed E-state index contributed by atoms with van der Waals surface area (Å²) < 4.78 is 32.0. The SMILES string of the molecule is CCc1ccc(-c2cc3c(s2)CN(C(CC)OCO)S3(=O)=O)cc1. The number of aliphatic hydroxyl groups is 1. The number of thiophene rings is 1. The third kappa shape index (κ3) is 3.02. The molecule has 0 spiro atoms. The van der Waals surface area contributed by atoms with Crippen LogP contribution in [-0.4, -0.2) is 30.9 Å². The van der Waals surface area contributed by atoms with E-state index in [0.717, 1.165) is 21.7 Å². The van der Waals surface area contributed by atoms with Crippen LogP contribution in [-0.2, 0) is 27.7 Å². The summed E-state index contributed by atoms with van der Waals surface area (Å²) in [5.74, 6) is 0. The highest BCUT2D eigenvalue weighted by Gasteiger charge is 2.41. The molecule has 24 heavy (non-hydrogen) atoms. The molecule has 0 saturated carbocycles. The van der Waals surface area contributed by atoms with Crippen LogP contribution in [0.3, 0.4) is 0 Å². The number of benzene rings is 1. The summed E-state index contributed by atoms with van der Waals surface area (Å²) in [5.41, 5.74) is 2.29. The number of ether oxygens (including phenoxy) is 1. The summed E-state index contributed by atoms with van der Waals surface area (Å²) in [5, 5.41) is 8.96. The Bertz CT molecular complexity index is 812. The van der Waals surface area contributed by atoms with E-state index in [9.17, 15) is 8.42 Å². The molecule has 0 fully saturated rings. The maximum atomic E-state index is 12.8. The van der Waals surface area contributed by atoms with Gasteiger partial charge in [-0.15, -0.1) is 11.3 Å². The van der Waals surface area contributed by atoms with Crippen molar-refractivity contribution in [2.45, 2.75) is 44.4 Å². The molecule has 0 radical (unpaired) electrons. The van der Waals surface area contributed by atoms with Crippen molar-refractivity contribution in [1.82, 2.24) is 4.31 Å². The molecule has 130 valence electrons. The fourth-order valence-electron chi connectivity index (χ4n) is 2.89. The molecular weight excluding hydrogens is 346 g/mol. The predicted molar refractivity (Wildman–Crippen MR) is 94.1 cm³/mol. The van der Waals surface area contributed by atoms with Crippen molar-refractivity contribution in [3.8, 4) is 10.4 Å². The van der Waals surface area contributed by atoms with Gasteiger partial charge in [0.1, 0.15) is 13.0 Å². The molecule has 2 aromatic rings. The van der Waals surface area contributed by atoms with E-state index in [0.29, 0.717) is 17.9 Å². The zero-order valence-corrected chi connectivity index (χ0v) is 15.4. The fourth-order valence-corrected chi connectivity index (χ4v) is 6.23. The van der Waals surface area contributed by atoms with Gasteiger partial charge in [-0.3, -0.25) is 0 Å². The molecule has 1 aliphatic rings. The standard InChI is InChI=1S/C17H21NO4S2/c1-3-12-5-7-13(8-6-12)14-9-16-15(23-14)10-18(24(16,20)21)17(4-2)22-11-19/h5-9,17,19H,3-4,10-11H2,1-2H3. The molecule has 0 amide bonds. The lowest BCUT2D eigenvalue weighted by Gasteiger charge is -2.24. The van der Waals surface area contributed by atoms with Crippen LogP contribution in [0.25, 0.3) is 10.4 Å². The van der Waals surface area contributed by atoms with E-state index in [1.807, 2.05) is 19.1 Å². The number of fused-ring (bicyclic) bond motifs is 1. The third-order valence-electron chi connectivity index (χ3n) is 4.24. The molecular formula is C17H21NO4S2. The van der Waals surface area contributed by atoms with Crippen LogP contribution in [0, 0.1) is 0 Å². The van der Waals surface area contributed by atoms with E-state index in [1.165, 1.54) is 21.2 Å². The summed E-state index contributed by atoms with van der Waals surface area (Å²) in [6.07, 6.45) is 0.834. The minimum absolute atomic E-state index is 0.299. The molecule has 0 saturated heterocycles. The second-order valence-electron chi connectivity index (χ2n) is 5.66. The Hall–Kier alpha value is -1.25. The molecule has 1 aliphatic heterocycles. The minimum Gasteiger partial charge on any atom is -0.371 e. The Morgan fingerprint density at radius 1 is 1.29 bits per heavy atom. The van der Waals surface area contributed by atoms with Crippen molar-refractivity contribution in [2.24, 2.45) is 0 Å². The van der Waals surface area contributed by atoms with Gasteiger partial charge in [-0.2, -0.15) is 4.31 Å². The van der Waals surface area contributed by atoms with Crippen LogP contribution in [0.1, 0.15) is 30.7 Å². The molecule has 0 bridgehead atoms. The van der Waals surface area contributed by atoms with Crippen LogP contribution in [0.4, 0.5) is 0 Å². The Morgan fingerprint density at radius 3 is 2.54 bits per heavy atom. The first-order valence-corrected chi connectivity index (χ1v) is 10.2. The molecule has 1 N–H and O–H groups in total. The molecule has 7 heteroatoms. The summed E-state index contributed by atoms with van der Waals surface area (Å²) in [4.78, 5) is 2.15. The quantitative estimate of drug-likeness (QED) is 0.796. The highest BCUT2D eigenvalue weighted by Crippen LogP contribution is 2.42. The maximum absolute atomic E-state index is 12.8. The Morgan fingerprint density at radius 2 is 2.00 bits per heavy atom. The van der Waals surface area contributed by atoms with Gasteiger partial charge < -0.3 is 9.84 Å². The zero-order chi connectivity index (χ0) is 17.3. The van der Waals surface area contributed by atoms with Crippen LogP contribution >= 0.6 is 11.3 Å². The molecule has 1 atom stereocenters. The van der Waals surface area contributed by atoms with Gasteiger partial charge in [-0.25, -0.2) is 8.42 Å². The smallest absolute Gasteiger partial charge is 0.246 e. The second kappa shape index (κ2) is 6.93. The molecule has 1 unspecified atom stereocenters. The van der Waals surface area contributed by atoms with Gasteiger partial charge in [-0.1, -0.05) is 38.1 Å². The van der Waals surface area contributed by atoms with E-state index in [2.05, 4.69) is 19.1 Å². The largest absolute Gasteiger partial charge is 0.371 e. The highest BCUT2D eigenvalue weighted by molar-refractivity contribution is 7.89. The summed E-state index contributed by atoms with van der Waals surface area (Å²) in [7, 11) is -3.57. The van der Waals surface area contributed by atoms with Gasteiger partial charge in [0.25, 0.3) is 0 Å². The lowest BCUT2D eigenvalue weighted by Crippen LogP contribution is -2.37. The van der Waals surface area contributed by atoms with Gasteiger partial charge in [0.2, 0.25) is 10.0 Å². The summed E-state index contributed by atoms with van der Waals surface area (Å²) >= 11 is 1.50. The highest BCUT2D eigenvalue weighted by atomic mass is 32.2. The van der Waals surface area contributed by atoms with Crippen molar-refractivity contribution in [3.63, 3.8) is 0 Å². The normalized spacial score (nSPS) is 17.8. The number of nitrogens with zero attached hydrogens (tertiary/aromatic N) is 1. The van der Waals surface area contributed by atoms with Crippen molar-refractivity contribution >= 4 is 21.4 Å². The Balaban J connectivity index is 1.91. The second-order valence-corrected chi connectivity index (χ2v) is 8.65. The minimum atomic E-state index is -3.57.